The Balaban J connectivity index is 1.46. The molecule has 142 valence electrons. The fourth-order valence-corrected chi connectivity index (χ4v) is 4.18. The van der Waals surface area contributed by atoms with Crippen LogP contribution in [0.2, 0.25) is 0 Å². The summed E-state index contributed by atoms with van der Waals surface area (Å²) < 4.78 is 1.95. The lowest BCUT2D eigenvalue weighted by atomic mass is 10.1. The van der Waals surface area contributed by atoms with Crippen molar-refractivity contribution in [1.82, 2.24) is 20.1 Å². The Bertz CT molecular complexity index is 965. The summed E-state index contributed by atoms with van der Waals surface area (Å²) in [5, 5.41) is 8.22. The van der Waals surface area contributed by atoms with Crippen molar-refractivity contribution >= 4 is 17.7 Å². The Kier molecular flexibility index (Phi) is 4.64. The van der Waals surface area contributed by atoms with E-state index in [0.29, 0.717) is 17.1 Å². The predicted octanol–water partition coefficient (Wildman–Crippen LogP) is 4.26. The van der Waals surface area contributed by atoms with Gasteiger partial charge in [0.15, 0.2) is 0 Å². The zero-order valence-electron chi connectivity index (χ0n) is 15.5. The molecule has 5 rings (SSSR count). The molecule has 1 heterocycles. The molecule has 0 radical (unpaired) electrons. The standard InChI is InChI=1S/C22H22N4OS/c27-21(23-17-13-14-17)19(15-7-3-1-4-8-15)28-22-24-20(16-11-12-16)26(25-22)18-9-5-2-6-10-18/h1-10,16-17,19H,11-14H2,(H,23,27)/t19-/m1/s1. The first kappa shape index (κ1) is 17.5. The van der Waals surface area contributed by atoms with Gasteiger partial charge in [-0.25, -0.2) is 9.67 Å². The summed E-state index contributed by atoms with van der Waals surface area (Å²) in [4.78, 5) is 17.7. The number of nitrogens with one attached hydrogen (secondary N) is 1. The third-order valence-corrected chi connectivity index (χ3v) is 6.15. The van der Waals surface area contributed by atoms with Crippen LogP contribution < -0.4 is 5.32 Å². The summed E-state index contributed by atoms with van der Waals surface area (Å²) >= 11 is 1.44. The Morgan fingerprint density at radius 2 is 1.68 bits per heavy atom. The first-order valence-corrected chi connectivity index (χ1v) is 10.7. The molecule has 6 heteroatoms. The minimum atomic E-state index is -0.347. The summed E-state index contributed by atoms with van der Waals surface area (Å²) in [7, 11) is 0. The highest BCUT2D eigenvalue weighted by molar-refractivity contribution is 8.00. The number of carbonyl (C=O) groups excluding carboxylic acids is 1. The van der Waals surface area contributed by atoms with Gasteiger partial charge >= 0.3 is 0 Å². The second-order valence-electron chi connectivity index (χ2n) is 7.47. The normalized spacial score (nSPS) is 17.3. The molecule has 1 atom stereocenters. The van der Waals surface area contributed by atoms with E-state index in [1.54, 1.807) is 0 Å². The van der Waals surface area contributed by atoms with Crippen molar-refractivity contribution in [2.24, 2.45) is 0 Å². The molecule has 2 fully saturated rings. The number of hydrogen-bond acceptors (Lipinski definition) is 4. The number of aromatic nitrogens is 3. The van der Waals surface area contributed by atoms with Gasteiger partial charge < -0.3 is 5.32 Å². The first-order valence-electron chi connectivity index (χ1n) is 9.82. The van der Waals surface area contributed by atoms with Crippen molar-refractivity contribution in [3.05, 3.63) is 72.1 Å². The summed E-state index contributed by atoms with van der Waals surface area (Å²) in [5.41, 5.74) is 2.00. The van der Waals surface area contributed by atoms with Gasteiger partial charge in [0.1, 0.15) is 11.1 Å². The average Bonchev–Trinajstić information content (AvgIpc) is 3.67. The lowest BCUT2D eigenvalue weighted by molar-refractivity contribution is -0.120. The van der Waals surface area contributed by atoms with Gasteiger partial charge in [-0.1, -0.05) is 60.3 Å². The Hall–Kier alpha value is -2.60. The number of hydrogen-bond donors (Lipinski definition) is 1. The monoisotopic (exact) mass is 390 g/mol. The van der Waals surface area contributed by atoms with Crippen LogP contribution in [-0.4, -0.2) is 26.7 Å². The highest BCUT2D eigenvalue weighted by atomic mass is 32.2. The predicted molar refractivity (Wildman–Crippen MR) is 110 cm³/mol. The maximum Gasteiger partial charge on any atom is 0.238 e. The maximum atomic E-state index is 12.9. The molecule has 0 unspecified atom stereocenters. The minimum Gasteiger partial charge on any atom is -0.352 e. The van der Waals surface area contributed by atoms with Gasteiger partial charge in [-0.15, -0.1) is 5.10 Å². The smallest absolute Gasteiger partial charge is 0.238 e. The summed E-state index contributed by atoms with van der Waals surface area (Å²) in [6, 6.07) is 20.4. The fourth-order valence-electron chi connectivity index (χ4n) is 3.23. The molecule has 2 aromatic carbocycles. The molecule has 1 aromatic heterocycles. The van der Waals surface area contributed by atoms with Crippen LogP contribution in [0.4, 0.5) is 0 Å². The lowest BCUT2D eigenvalue weighted by Crippen LogP contribution is -2.29. The minimum absolute atomic E-state index is 0.0442. The third kappa shape index (κ3) is 3.83. The van der Waals surface area contributed by atoms with Crippen LogP contribution in [0.15, 0.2) is 65.8 Å². The van der Waals surface area contributed by atoms with Gasteiger partial charge in [0.05, 0.1) is 5.69 Å². The summed E-state index contributed by atoms with van der Waals surface area (Å²) in [6.45, 7) is 0. The molecule has 0 saturated heterocycles. The number of thioether (sulfide) groups is 1. The topological polar surface area (TPSA) is 59.8 Å². The number of rotatable bonds is 7. The fraction of sp³-hybridized carbons (Fsp3) is 0.318. The Labute approximate surface area is 168 Å². The molecule has 3 aromatic rings. The van der Waals surface area contributed by atoms with Crippen LogP contribution in [0.3, 0.4) is 0 Å². The molecule has 1 amide bonds. The lowest BCUT2D eigenvalue weighted by Gasteiger charge is -2.15. The van der Waals surface area contributed by atoms with Crippen LogP contribution in [0.5, 0.6) is 0 Å². The second kappa shape index (κ2) is 7.43. The van der Waals surface area contributed by atoms with Gasteiger partial charge in [-0.2, -0.15) is 0 Å². The van der Waals surface area contributed by atoms with E-state index in [0.717, 1.165) is 42.8 Å². The zero-order chi connectivity index (χ0) is 18.9. The van der Waals surface area contributed by atoms with E-state index in [9.17, 15) is 4.79 Å². The molecule has 28 heavy (non-hydrogen) atoms. The molecule has 2 aliphatic rings. The molecule has 0 spiro atoms. The Morgan fingerprint density at radius 1 is 1.00 bits per heavy atom. The van der Waals surface area contributed by atoms with Gasteiger partial charge in [0.2, 0.25) is 11.1 Å². The van der Waals surface area contributed by atoms with E-state index < -0.39 is 0 Å². The molecular formula is C22H22N4OS. The Morgan fingerprint density at radius 3 is 2.32 bits per heavy atom. The van der Waals surface area contributed by atoms with E-state index in [1.165, 1.54) is 11.8 Å². The summed E-state index contributed by atoms with van der Waals surface area (Å²) in [6.07, 6.45) is 4.45. The van der Waals surface area contributed by atoms with E-state index >= 15 is 0 Å². The average molecular weight is 391 g/mol. The summed E-state index contributed by atoms with van der Waals surface area (Å²) in [5.74, 6) is 1.52. The molecule has 2 aliphatic carbocycles. The maximum absolute atomic E-state index is 12.9. The number of para-hydroxylation sites is 1. The first-order chi connectivity index (χ1) is 13.8. The number of amides is 1. The molecule has 1 N–H and O–H groups in total. The van der Waals surface area contributed by atoms with Crippen molar-refractivity contribution in [2.75, 3.05) is 0 Å². The highest BCUT2D eigenvalue weighted by Gasteiger charge is 2.33. The number of nitrogens with zero attached hydrogens (tertiary/aromatic N) is 3. The number of benzene rings is 2. The van der Waals surface area contributed by atoms with Crippen molar-refractivity contribution in [1.29, 1.82) is 0 Å². The molecular weight excluding hydrogens is 368 g/mol. The second-order valence-corrected chi connectivity index (χ2v) is 8.54. The highest BCUT2D eigenvalue weighted by Crippen LogP contribution is 2.42. The molecule has 0 bridgehead atoms. The largest absolute Gasteiger partial charge is 0.352 e. The van der Waals surface area contributed by atoms with Crippen molar-refractivity contribution in [3.63, 3.8) is 0 Å². The van der Waals surface area contributed by atoms with Gasteiger partial charge in [-0.3, -0.25) is 4.79 Å². The van der Waals surface area contributed by atoms with Gasteiger partial charge in [0.25, 0.3) is 0 Å². The SMILES string of the molecule is O=C(NC1CC1)[C@H](Sc1nc(C2CC2)n(-c2ccccc2)n1)c1ccccc1. The molecule has 0 aliphatic heterocycles. The van der Waals surface area contributed by atoms with Crippen molar-refractivity contribution in [3.8, 4) is 5.69 Å². The van der Waals surface area contributed by atoms with E-state index in [4.69, 9.17) is 10.1 Å². The van der Waals surface area contributed by atoms with E-state index in [2.05, 4.69) is 5.32 Å². The van der Waals surface area contributed by atoms with Gasteiger partial charge in [-0.05, 0) is 43.4 Å². The van der Waals surface area contributed by atoms with Gasteiger partial charge in [0, 0.05) is 12.0 Å². The van der Waals surface area contributed by atoms with Crippen LogP contribution in [0, 0.1) is 0 Å². The van der Waals surface area contributed by atoms with Crippen LogP contribution in [0.1, 0.15) is 48.2 Å². The van der Waals surface area contributed by atoms with E-state index in [1.807, 2.05) is 65.3 Å². The van der Waals surface area contributed by atoms with Crippen LogP contribution >= 0.6 is 11.8 Å². The van der Waals surface area contributed by atoms with Crippen LogP contribution in [0.25, 0.3) is 5.69 Å². The molecule has 2 saturated carbocycles. The quantitative estimate of drug-likeness (QED) is 0.613. The zero-order valence-corrected chi connectivity index (χ0v) is 16.3. The van der Waals surface area contributed by atoms with Crippen molar-refractivity contribution < 1.29 is 4.79 Å². The molecule has 5 nitrogen and oxygen atoms in total. The third-order valence-electron chi connectivity index (χ3n) is 5.04. The van der Waals surface area contributed by atoms with E-state index in [-0.39, 0.29) is 11.2 Å². The number of carbonyl (C=O) groups is 1. The van der Waals surface area contributed by atoms with Crippen molar-refractivity contribution in [2.45, 2.75) is 48.0 Å². The van der Waals surface area contributed by atoms with Crippen LogP contribution in [-0.2, 0) is 4.79 Å².